The quantitative estimate of drug-likeness (QED) is 0.501. The molecule has 1 saturated heterocycles. The van der Waals surface area contributed by atoms with Crippen molar-refractivity contribution in [2.45, 2.75) is 59.2 Å². The highest BCUT2D eigenvalue weighted by Gasteiger charge is 2.41. The second-order valence-electron chi connectivity index (χ2n) is 8.01. The number of methoxy groups -OCH3 is 1. The lowest BCUT2D eigenvalue weighted by atomic mass is 10.0. The van der Waals surface area contributed by atoms with Gasteiger partial charge in [0.1, 0.15) is 5.76 Å². The third kappa shape index (κ3) is 5.06. The Labute approximate surface area is 172 Å². The number of unbranched alkanes of at least 4 members (excludes halogenated alkanes) is 1. The molecule has 1 aliphatic heterocycles. The van der Waals surface area contributed by atoms with E-state index in [1.54, 1.807) is 6.92 Å². The van der Waals surface area contributed by atoms with Crippen molar-refractivity contribution in [2.24, 2.45) is 5.92 Å². The smallest absolute Gasteiger partial charge is 0.366 e. The van der Waals surface area contributed by atoms with E-state index in [-0.39, 0.29) is 5.92 Å². The van der Waals surface area contributed by atoms with Gasteiger partial charge in [0, 0.05) is 18.4 Å². The van der Waals surface area contributed by atoms with E-state index in [0.717, 1.165) is 42.7 Å². The van der Waals surface area contributed by atoms with Gasteiger partial charge in [-0.05, 0) is 51.7 Å². The van der Waals surface area contributed by atoms with Gasteiger partial charge in [-0.3, -0.25) is 0 Å². The Bertz CT molecular complexity index is 849. The van der Waals surface area contributed by atoms with Crippen molar-refractivity contribution in [1.82, 2.24) is 4.98 Å². The summed E-state index contributed by atoms with van der Waals surface area (Å²) in [5, 5.41) is 0. The minimum atomic E-state index is -1.27. The summed E-state index contributed by atoms with van der Waals surface area (Å²) in [6.45, 7) is 8.76. The first kappa shape index (κ1) is 21.5. The Hall–Kier alpha value is -2.18. The van der Waals surface area contributed by atoms with Crippen LogP contribution in [-0.2, 0) is 25.4 Å². The predicted molar refractivity (Wildman–Crippen MR) is 110 cm³/mol. The number of hydrogen-bond donors (Lipinski definition) is 0. The largest absolute Gasteiger partial charge is 0.465 e. The summed E-state index contributed by atoms with van der Waals surface area (Å²) in [4.78, 5) is 16.4. The number of aromatic nitrogens is 1. The lowest BCUT2D eigenvalue weighted by Crippen LogP contribution is -2.48. The van der Waals surface area contributed by atoms with E-state index >= 15 is 0 Å². The van der Waals surface area contributed by atoms with Gasteiger partial charge in [-0.1, -0.05) is 24.1 Å². The number of aryl methyl sites for hydroxylation is 4. The fraction of sp³-hybridized carbons (Fsp3) is 0.565. The van der Waals surface area contributed by atoms with E-state index in [2.05, 4.69) is 32.0 Å². The Morgan fingerprint density at radius 2 is 1.93 bits per heavy atom. The van der Waals surface area contributed by atoms with Gasteiger partial charge in [0.05, 0.1) is 26.0 Å². The maximum atomic E-state index is 11.7. The van der Waals surface area contributed by atoms with Crippen LogP contribution in [-0.4, -0.2) is 37.1 Å². The standard InChI is InChI=1S/C23H31NO5/c1-15-10-11-19(16(2)12-15)21-24-20(17(3)29-21)9-7-6-8-18-13-27-23(4,28-14-18)22(25)26-5/h10-12,18H,6-9,13-14H2,1-5H3/t18-,23+. The van der Waals surface area contributed by atoms with E-state index in [0.29, 0.717) is 19.1 Å². The maximum absolute atomic E-state index is 11.7. The van der Waals surface area contributed by atoms with E-state index < -0.39 is 11.8 Å². The number of rotatable bonds is 7. The van der Waals surface area contributed by atoms with Crippen molar-refractivity contribution in [3.8, 4) is 11.5 Å². The topological polar surface area (TPSA) is 70.8 Å². The van der Waals surface area contributed by atoms with Gasteiger partial charge < -0.3 is 18.6 Å². The number of ether oxygens (including phenoxy) is 3. The number of hydrogen-bond acceptors (Lipinski definition) is 6. The minimum absolute atomic E-state index is 0.289. The van der Waals surface area contributed by atoms with Crippen molar-refractivity contribution in [3.05, 3.63) is 40.8 Å². The second kappa shape index (κ2) is 9.09. The van der Waals surface area contributed by atoms with Crippen LogP contribution in [0.25, 0.3) is 11.5 Å². The molecule has 1 aromatic carbocycles. The molecule has 0 radical (unpaired) electrons. The number of oxazole rings is 1. The van der Waals surface area contributed by atoms with Crippen LogP contribution < -0.4 is 0 Å². The predicted octanol–water partition coefficient (Wildman–Crippen LogP) is 4.53. The fourth-order valence-corrected chi connectivity index (χ4v) is 3.67. The highest BCUT2D eigenvalue weighted by Crippen LogP contribution is 2.28. The molecule has 158 valence electrons. The summed E-state index contributed by atoms with van der Waals surface area (Å²) < 4.78 is 21.9. The van der Waals surface area contributed by atoms with Crippen LogP contribution in [0.2, 0.25) is 0 Å². The van der Waals surface area contributed by atoms with Gasteiger partial charge in [-0.15, -0.1) is 0 Å². The van der Waals surface area contributed by atoms with Crippen LogP contribution in [0.5, 0.6) is 0 Å². The number of benzene rings is 1. The average molecular weight is 402 g/mol. The van der Waals surface area contributed by atoms with E-state index in [4.69, 9.17) is 23.6 Å². The minimum Gasteiger partial charge on any atom is -0.465 e. The number of nitrogens with zero attached hydrogens (tertiary/aromatic N) is 1. The Balaban J connectivity index is 1.47. The summed E-state index contributed by atoms with van der Waals surface area (Å²) in [5.74, 6) is 0.117. The molecule has 0 atom stereocenters. The van der Waals surface area contributed by atoms with Crippen LogP contribution >= 0.6 is 0 Å². The summed E-state index contributed by atoms with van der Waals surface area (Å²) in [7, 11) is 1.34. The number of carbonyl (C=O) groups excluding carboxylic acids is 1. The molecule has 0 amide bonds. The highest BCUT2D eigenvalue weighted by molar-refractivity contribution is 5.77. The zero-order valence-electron chi connectivity index (χ0n) is 18.0. The van der Waals surface area contributed by atoms with E-state index in [1.165, 1.54) is 18.2 Å². The normalized spacial score (nSPS) is 21.9. The SMILES string of the molecule is COC(=O)[C@]1(C)OC[C@H](CCCCc2nc(-c3ccc(C)cc3C)oc2C)CO1. The van der Waals surface area contributed by atoms with Crippen molar-refractivity contribution in [2.75, 3.05) is 20.3 Å². The summed E-state index contributed by atoms with van der Waals surface area (Å²) in [5.41, 5.74) is 4.48. The first-order chi connectivity index (χ1) is 13.8. The van der Waals surface area contributed by atoms with Crippen molar-refractivity contribution < 1.29 is 23.4 Å². The van der Waals surface area contributed by atoms with Gasteiger partial charge >= 0.3 is 5.97 Å². The molecular formula is C23H31NO5. The molecule has 2 aromatic rings. The molecule has 0 saturated carbocycles. The molecule has 0 bridgehead atoms. The summed E-state index contributed by atoms with van der Waals surface area (Å²) >= 11 is 0. The monoisotopic (exact) mass is 401 g/mol. The molecule has 6 heteroatoms. The van der Waals surface area contributed by atoms with Gasteiger partial charge in [-0.2, -0.15) is 0 Å². The molecule has 3 rings (SSSR count). The van der Waals surface area contributed by atoms with Gasteiger partial charge in [-0.25, -0.2) is 9.78 Å². The molecule has 1 fully saturated rings. The Kier molecular flexibility index (Phi) is 6.75. The maximum Gasteiger partial charge on any atom is 0.366 e. The number of carbonyl (C=O) groups is 1. The zero-order valence-corrected chi connectivity index (χ0v) is 18.0. The lowest BCUT2D eigenvalue weighted by Gasteiger charge is -2.35. The molecule has 29 heavy (non-hydrogen) atoms. The van der Waals surface area contributed by atoms with Crippen LogP contribution in [0.3, 0.4) is 0 Å². The molecule has 0 unspecified atom stereocenters. The van der Waals surface area contributed by atoms with Crippen molar-refractivity contribution in [3.63, 3.8) is 0 Å². The van der Waals surface area contributed by atoms with E-state index in [1.807, 2.05) is 6.92 Å². The van der Waals surface area contributed by atoms with Crippen LogP contribution in [0, 0.1) is 26.7 Å². The van der Waals surface area contributed by atoms with Crippen LogP contribution in [0.15, 0.2) is 22.6 Å². The first-order valence-corrected chi connectivity index (χ1v) is 10.2. The Morgan fingerprint density at radius 3 is 2.59 bits per heavy atom. The molecule has 1 aliphatic rings. The molecular weight excluding hydrogens is 370 g/mol. The molecule has 1 aromatic heterocycles. The third-order valence-electron chi connectivity index (χ3n) is 5.53. The molecule has 0 spiro atoms. The van der Waals surface area contributed by atoms with Gasteiger partial charge in [0.2, 0.25) is 5.89 Å². The average Bonchev–Trinajstić information content (AvgIpc) is 3.06. The van der Waals surface area contributed by atoms with Crippen molar-refractivity contribution >= 4 is 5.97 Å². The summed E-state index contributed by atoms with van der Waals surface area (Å²) in [6.07, 6.45) is 3.93. The van der Waals surface area contributed by atoms with Crippen molar-refractivity contribution in [1.29, 1.82) is 0 Å². The number of esters is 1. The van der Waals surface area contributed by atoms with Gasteiger partial charge in [0.25, 0.3) is 5.79 Å². The first-order valence-electron chi connectivity index (χ1n) is 10.2. The van der Waals surface area contributed by atoms with E-state index in [9.17, 15) is 4.79 Å². The Morgan fingerprint density at radius 1 is 1.21 bits per heavy atom. The molecule has 0 N–H and O–H groups in total. The van der Waals surface area contributed by atoms with Gasteiger partial charge in [0.15, 0.2) is 0 Å². The van der Waals surface area contributed by atoms with Crippen LogP contribution in [0.4, 0.5) is 0 Å². The zero-order chi connectivity index (χ0) is 21.0. The van der Waals surface area contributed by atoms with Crippen LogP contribution in [0.1, 0.15) is 48.8 Å². The lowest BCUT2D eigenvalue weighted by molar-refractivity contribution is -0.272. The second-order valence-corrected chi connectivity index (χ2v) is 8.01. The molecule has 6 nitrogen and oxygen atoms in total. The highest BCUT2D eigenvalue weighted by atomic mass is 16.7. The molecule has 0 aliphatic carbocycles. The molecule has 2 heterocycles. The fourth-order valence-electron chi connectivity index (χ4n) is 3.67. The third-order valence-corrected chi connectivity index (χ3v) is 5.53. The summed E-state index contributed by atoms with van der Waals surface area (Å²) in [6, 6.07) is 6.31.